The van der Waals surface area contributed by atoms with Crippen LogP contribution in [-0.2, 0) is 4.79 Å². The standard InChI is InChI=1S/C14H14O4S/c1-8(14(16)17)5-11(15)13-6-9-3-4-10(18-2)7-12(9)19-13/h3-4,6-8H,5H2,1-2H3,(H,16,17). The molecule has 0 radical (unpaired) electrons. The summed E-state index contributed by atoms with van der Waals surface area (Å²) in [6.07, 6.45) is 0.0271. The smallest absolute Gasteiger partial charge is 0.306 e. The number of carboxylic acid groups (broad SMARTS) is 1. The fourth-order valence-corrected chi connectivity index (χ4v) is 2.78. The molecule has 1 unspecified atom stereocenters. The topological polar surface area (TPSA) is 63.6 Å². The van der Waals surface area contributed by atoms with Crippen molar-refractivity contribution >= 4 is 33.2 Å². The summed E-state index contributed by atoms with van der Waals surface area (Å²) in [5.41, 5.74) is 0. The maximum absolute atomic E-state index is 12.0. The van der Waals surface area contributed by atoms with Crippen molar-refractivity contribution in [3.8, 4) is 5.75 Å². The largest absolute Gasteiger partial charge is 0.497 e. The van der Waals surface area contributed by atoms with Gasteiger partial charge in [-0.05, 0) is 29.7 Å². The third kappa shape index (κ3) is 2.93. The van der Waals surface area contributed by atoms with E-state index in [2.05, 4.69) is 0 Å². The number of hydrogen-bond acceptors (Lipinski definition) is 4. The second-order valence-corrected chi connectivity index (χ2v) is 5.46. The molecule has 0 saturated heterocycles. The number of aliphatic carboxylic acids is 1. The van der Waals surface area contributed by atoms with Crippen LogP contribution in [0.2, 0.25) is 0 Å². The zero-order chi connectivity index (χ0) is 14.0. The third-order valence-corrected chi connectivity index (χ3v) is 4.05. The molecule has 1 atom stereocenters. The minimum atomic E-state index is -0.948. The molecule has 1 heterocycles. The predicted octanol–water partition coefficient (Wildman–Crippen LogP) is 3.20. The van der Waals surface area contributed by atoms with Crippen molar-refractivity contribution < 1.29 is 19.4 Å². The molecule has 1 aromatic carbocycles. The number of rotatable bonds is 5. The molecular formula is C14H14O4S. The Bertz CT molecular complexity index is 629. The molecule has 0 bridgehead atoms. The second kappa shape index (κ2) is 5.40. The number of ether oxygens (including phenoxy) is 1. The summed E-state index contributed by atoms with van der Waals surface area (Å²) in [6.45, 7) is 1.54. The number of hydrogen-bond donors (Lipinski definition) is 1. The lowest BCUT2D eigenvalue weighted by atomic mass is 10.0. The van der Waals surface area contributed by atoms with Crippen LogP contribution < -0.4 is 4.74 Å². The van der Waals surface area contributed by atoms with Gasteiger partial charge in [0.2, 0.25) is 0 Å². The normalized spacial score (nSPS) is 12.3. The van der Waals surface area contributed by atoms with Crippen LogP contribution in [0.25, 0.3) is 10.1 Å². The molecule has 19 heavy (non-hydrogen) atoms. The molecule has 0 aliphatic rings. The zero-order valence-electron chi connectivity index (χ0n) is 10.7. The van der Waals surface area contributed by atoms with Crippen molar-refractivity contribution in [2.45, 2.75) is 13.3 Å². The van der Waals surface area contributed by atoms with Crippen LogP contribution in [-0.4, -0.2) is 24.0 Å². The highest BCUT2D eigenvalue weighted by Gasteiger charge is 2.18. The molecule has 0 aliphatic heterocycles. The van der Waals surface area contributed by atoms with Gasteiger partial charge in [0.05, 0.1) is 17.9 Å². The van der Waals surface area contributed by atoms with Crippen molar-refractivity contribution in [3.05, 3.63) is 29.1 Å². The van der Waals surface area contributed by atoms with Crippen LogP contribution in [0.5, 0.6) is 5.75 Å². The molecule has 2 rings (SSSR count). The van der Waals surface area contributed by atoms with E-state index in [0.29, 0.717) is 4.88 Å². The summed E-state index contributed by atoms with van der Waals surface area (Å²) in [5, 5.41) is 9.79. The van der Waals surface area contributed by atoms with E-state index in [9.17, 15) is 9.59 Å². The van der Waals surface area contributed by atoms with Crippen LogP contribution in [0.3, 0.4) is 0 Å². The van der Waals surface area contributed by atoms with Crippen molar-refractivity contribution in [1.82, 2.24) is 0 Å². The van der Waals surface area contributed by atoms with Crippen LogP contribution in [0.4, 0.5) is 0 Å². The molecule has 0 saturated carbocycles. The number of methoxy groups -OCH3 is 1. The maximum atomic E-state index is 12.0. The van der Waals surface area contributed by atoms with Gasteiger partial charge in [0.15, 0.2) is 5.78 Å². The summed E-state index contributed by atoms with van der Waals surface area (Å²) in [6, 6.07) is 7.40. The lowest BCUT2D eigenvalue weighted by Gasteiger charge is -2.02. The number of fused-ring (bicyclic) bond motifs is 1. The Morgan fingerprint density at radius 2 is 2.11 bits per heavy atom. The Hall–Kier alpha value is -1.88. The first-order valence-corrected chi connectivity index (χ1v) is 6.66. The van der Waals surface area contributed by atoms with E-state index in [0.717, 1.165) is 15.8 Å². The Kier molecular flexibility index (Phi) is 3.85. The van der Waals surface area contributed by atoms with E-state index in [4.69, 9.17) is 9.84 Å². The van der Waals surface area contributed by atoms with E-state index in [-0.39, 0.29) is 12.2 Å². The summed E-state index contributed by atoms with van der Waals surface area (Å²) < 4.78 is 6.10. The molecule has 2 aromatic rings. The van der Waals surface area contributed by atoms with Crippen molar-refractivity contribution in [3.63, 3.8) is 0 Å². The lowest BCUT2D eigenvalue weighted by molar-refractivity contribution is -0.141. The minimum Gasteiger partial charge on any atom is -0.497 e. The fraction of sp³-hybridized carbons (Fsp3) is 0.286. The molecule has 1 aromatic heterocycles. The van der Waals surface area contributed by atoms with Crippen LogP contribution in [0.15, 0.2) is 24.3 Å². The molecule has 0 spiro atoms. The first kappa shape index (κ1) is 13.5. The van der Waals surface area contributed by atoms with Gasteiger partial charge < -0.3 is 9.84 Å². The Morgan fingerprint density at radius 3 is 2.74 bits per heavy atom. The molecule has 0 aliphatic carbocycles. The van der Waals surface area contributed by atoms with Gasteiger partial charge in [-0.3, -0.25) is 9.59 Å². The highest BCUT2D eigenvalue weighted by Crippen LogP contribution is 2.30. The fourth-order valence-electron chi connectivity index (χ4n) is 1.74. The molecule has 100 valence electrons. The van der Waals surface area contributed by atoms with Crippen LogP contribution >= 0.6 is 11.3 Å². The number of benzene rings is 1. The number of carbonyl (C=O) groups is 2. The van der Waals surface area contributed by atoms with Gasteiger partial charge in [-0.25, -0.2) is 0 Å². The van der Waals surface area contributed by atoms with Crippen molar-refractivity contribution in [2.24, 2.45) is 5.92 Å². The van der Waals surface area contributed by atoms with Crippen LogP contribution in [0, 0.1) is 5.92 Å². The SMILES string of the molecule is COc1ccc2cc(C(=O)CC(C)C(=O)O)sc2c1. The number of thiophene rings is 1. The molecule has 0 amide bonds. The van der Waals surface area contributed by atoms with Gasteiger partial charge in [-0.15, -0.1) is 11.3 Å². The predicted molar refractivity (Wildman–Crippen MR) is 74.1 cm³/mol. The minimum absolute atomic E-state index is 0.0271. The monoisotopic (exact) mass is 278 g/mol. The average molecular weight is 278 g/mol. The summed E-state index contributed by atoms with van der Waals surface area (Å²) in [5.74, 6) is -0.995. The van der Waals surface area contributed by atoms with Gasteiger partial charge in [0.25, 0.3) is 0 Å². The summed E-state index contributed by atoms with van der Waals surface area (Å²) >= 11 is 1.37. The molecular weight excluding hydrogens is 264 g/mol. The summed E-state index contributed by atoms with van der Waals surface area (Å²) in [4.78, 5) is 23.3. The summed E-state index contributed by atoms with van der Waals surface area (Å²) in [7, 11) is 1.59. The molecule has 1 N–H and O–H groups in total. The number of carbonyl (C=O) groups excluding carboxylic acids is 1. The molecule has 5 heteroatoms. The van der Waals surface area contributed by atoms with E-state index in [1.807, 2.05) is 18.2 Å². The molecule has 4 nitrogen and oxygen atoms in total. The quantitative estimate of drug-likeness (QED) is 0.853. The van der Waals surface area contributed by atoms with E-state index < -0.39 is 11.9 Å². The zero-order valence-corrected chi connectivity index (χ0v) is 11.5. The van der Waals surface area contributed by atoms with Crippen LogP contribution in [0.1, 0.15) is 23.0 Å². The number of carboxylic acids is 1. The maximum Gasteiger partial charge on any atom is 0.306 e. The van der Waals surface area contributed by atoms with Gasteiger partial charge in [-0.1, -0.05) is 6.92 Å². The van der Waals surface area contributed by atoms with E-state index >= 15 is 0 Å². The van der Waals surface area contributed by atoms with Gasteiger partial charge in [-0.2, -0.15) is 0 Å². The number of Topliss-reactive ketones (excluding diaryl/α,β-unsaturated/α-hetero) is 1. The Labute approximate surface area is 114 Å². The highest BCUT2D eigenvalue weighted by atomic mass is 32.1. The number of ketones is 1. The first-order chi connectivity index (χ1) is 9.01. The van der Waals surface area contributed by atoms with Gasteiger partial charge in [0, 0.05) is 11.1 Å². The average Bonchev–Trinajstić information content (AvgIpc) is 2.81. The lowest BCUT2D eigenvalue weighted by Crippen LogP contribution is -2.13. The Morgan fingerprint density at radius 1 is 1.37 bits per heavy atom. The van der Waals surface area contributed by atoms with Gasteiger partial charge in [0.1, 0.15) is 5.75 Å². The highest BCUT2D eigenvalue weighted by molar-refractivity contribution is 7.20. The second-order valence-electron chi connectivity index (χ2n) is 4.38. The van der Waals surface area contributed by atoms with Crippen molar-refractivity contribution in [2.75, 3.05) is 7.11 Å². The first-order valence-electron chi connectivity index (χ1n) is 5.85. The van der Waals surface area contributed by atoms with E-state index in [1.165, 1.54) is 18.3 Å². The van der Waals surface area contributed by atoms with Gasteiger partial charge >= 0.3 is 5.97 Å². The van der Waals surface area contributed by atoms with Crippen molar-refractivity contribution in [1.29, 1.82) is 0 Å². The Balaban J connectivity index is 2.25. The molecule has 0 fully saturated rings. The third-order valence-electron chi connectivity index (χ3n) is 2.92. The van der Waals surface area contributed by atoms with E-state index in [1.54, 1.807) is 13.2 Å².